The molecule has 13 heteroatoms. The summed E-state index contributed by atoms with van der Waals surface area (Å²) in [6.45, 7) is 1.96. The number of carbonyl (C=O) groups is 1. The minimum atomic E-state index is -3.56. The van der Waals surface area contributed by atoms with Gasteiger partial charge in [-0.3, -0.25) is 14.8 Å². The third kappa shape index (κ3) is 7.26. The van der Waals surface area contributed by atoms with Crippen LogP contribution in [0.5, 0.6) is 5.75 Å². The highest BCUT2D eigenvalue weighted by Gasteiger charge is 2.23. The second-order valence-corrected chi connectivity index (χ2v) is 11.8. The molecule has 1 atom stereocenters. The Morgan fingerprint density at radius 1 is 1.24 bits per heavy atom. The Hall–Kier alpha value is -3.57. The van der Waals surface area contributed by atoms with Crippen LogP contribution in [0.1, 0.15) is 30.1 Å². The lowest BCUT2D eigenvalue weighted by Crippen LogP contribution is -2.43. The number of nitrogens with one attached hydrogen (secondary N) is 3. The quantitative estimate of drug-likeness (QED) is 0.141. The molecular formula is C25H28N6O5S2. The van der Waals surface area contributed by atoms with E-state index in [1.807, 2.05) is 24.3 Å². The van der Waals surface area contributed by atoms with Crippen LogP contribution in [0.25, 0.3) is 6.08 Å². The zero-order chi connectivity index (χ0) is 27.3. The third-order valence-electron chi connectivity index (χ3n) is 6.13. The van der Waals surface area contributed by atoms with Crippen LogP contribution >= 0.6 is 11.8 Å². The molecule has 0 aliphatic carbocycles. The highest BCUT2D eigenvalue weighted by molar-refractivity contribution is 8.18. The van der Waals surface area contributed by atoms with E-state index in [4.69, 9.17) is 5.26 Å². The molecule has 11 nitrogen and oxygen atoms in total. The second-order valence-electron chi connectivity index (χ2n) is 9.00. The minimum absolute atomic E-state index is 0.0299. The van der Waals surface area contributed by atoms with Gasteiger partial charge in [-0.15, -0.1) is 0 Å². The summed E-state index contributed by atoms with van der Waals surface area (Å²) in [4.78, 5) is 18.5. The summed E-state index contributed by atoms with van der Waals surface area (Å²) in [6, 6.07) is 12.5. The lowest BCUT2D eigenvalue weighted by Gasteiger charge is -2.34. The van der Waals surface area contributed by atoms with Gasteiger partial charge in [0, 0.05) is 31.4 Å². The van der Waals surface area contributed by atoms with Crippen molar-refractivity contribution < 1.29 is 23.4 Å². The molecule has 0 spiro atoms. The fourth-order valence-electron chi connectivity index (χ4n) is 4.22. The van der Waals surface area contributed by atoms with Gasteiger partial charge in [0.1, 0.15) is 5.75 Å². The number of carbonyl (C=O) groups excluding carboxylic acids is 1. The highest BCUT2D eigenvalue weighted by atomic mass is 32.2. The van der Waals surface area contributed by atoms with Crippen molar-refractivity contribution in [1.82, 2.24) is 10.6 Å². The first kappa shape index (κ1) is 27.5. The molecule has 1 fully saturated rings. The predicted molar refractivity (Wildman–Crippen MR) is 148 cm³/mol. The maximum Gasteiger partial charge on any atom is 0.286 e. The number of benzene rings is 2. The molecule has 2 aromatic carbocycles. The van der Waals surface area contributed by atoms with Gasteiger partial charge in [-0.2, -0.15) is 10.3 Å². The average molecular weight is 557 g/mol. The van der Waals surface area contributed by atoms with Crippen LogP contribution in [-0.2, 0) is 14.8 Å². The van der Waals surface area contributed by atoms with Crippen LogP contribution < -0.4 is 20.3 Å². The highest BCUT2D eigenvalue weighted by Crippen LogP contribution is 2.29. The minimum Gasteiger partial charge on any atom is -0.506 e. The Labute approximate surface area is 225 Å². The Kier molecular flexibility index (Phi) is 8.58. The van der Waals surface area contributed by atoms with Gasteiger partial charge < -0.3 is 20.4 Å². The summed E-state index contributed by atoms with van der Waals surface area (Å²) in [7, 11) is -3.56. The fourth-order valence-corrected chi connectivity index (χ4v) is 5.55. The van der Waals surface area contributed by atoms with Crippen LogP contribution in [0, 0.1) is 11.5 Å². The van der Waals surface area contributed by atoms with Crippen molar-refractivity contribution in [3.05, 3.63) is 58.5 Å². The smallest absolute Gasteiger partial charge is 0.286 e. The van der Waals surface area contributed by atoms with Crippen molar-refractivity contribution in [1.29, 1.82) is 5.26 Å². The van der Waals surface area contributed by atoms with Gasteiger partial charge in [0.05, 0.1) is 23.0 Å². The number of nitriles is 1. The van der Waals surface area contributed by atoms with Crippen molar-refractivity contribution in [3.63, 3.8) is 0 Å². The molecule has 0 radical (unpaired) electrons. The van der Waals surface area contributed by atoms with Gasteiger partial charge in [-0.1, -0.05) is 18.2 Å². The largest absolute Gasteiger partial charge is 0.506 e. The van der Waals surface area contributed by atoms with Gasteiger partial charge >= 0.3 is 0 Å². The Balaban J connectivity index is 1.26. The molecule has 1 saturated heterocycles. The van der Waals surface area contributed by atoms with E-state index in [9.17, 15) is 23.4 Å². The van der Waals surface area contributed by atoms with Crippen molar-refractivity contribution >= 4 is 50.3 Å². The standard InChI is InChI=1S/C25H28N6O5S2/c1-38(35,36)30-20-13-17(4-7-21(20)32)22(33)14-27-18-8-10-31(11-9-18)19-5-2-16(3-6-19)12-23-24(34)29-25(37-23)28-15-26/h2-7,12-13,18,22,27,30,32-33H,8-11,14H2,1H3,(H,28,29,34)/b23-12+. The number of phenols is 1. The number of nitrogens with zero attached hydrogens (tertiary/aromatic N) is 3. The summed E-state index contributed by atoms with van der Waals surface area (Å²) in [5.41, 5.74) is 2.47. The van der Waals surface area contributed by atoms with Crippen molar-refractivity contribution in [2.45, 2.75) is 25.0 Å². The van der Waals surface area contributed by atoms with E-state index in [1.165, 1.54) is 12.1 Å². The van der Waals surface area contributed by atoms with Crippen LogP contribution in [0.3, 0.4) is 0 Å². The van der Waals surface area contributed by atoms with Crippen LogP contribution in [0.2, 0.25) is 0 Å². The molecule has 0 bridgehead atoms. The van der Waals surface area contributed by atoms with Crippen LogP contribution in [0.15, 0.2) is 52.4 Å². The molecule has 38 heavy (non-hydrogen) atoms. The molecule has 200 valence electrons. The van der Waals surface area contributed by atoms with E-state index in [1.54, 1.807) is 18.3 Å². The van der Waals surface area contributed by atoms with Crippen molar-refractivity contribution in [2.75, 3.05) is 35.5 Å². The lowest BCUT2D eigenvalue weighted by atomic mass is 10.0. The first-order chi connectivity index (χ1) is 18.1. The third-order valence-corrected chi connectivity index (χ3v) is 7.62. The lowest BCUT2D eigenvalue weighted by molar-refractivity contribution is -0.113. The normalized spacial score (nSPS) is 18.2. The molecule has 2 aliphatic heterocycles. The van der Waals surface area contributed by atoms with E-state index < -0.39 is 16.1 Å². The number of thioether (sulfide) groups is 1. The summed E-state index contributed by atoms with van der Waals surface area (Å²) >= 11 is 1.13. The number of piperidine rings is 1. The van der Waals surface area contributed by atoms with E-state index in [-0.39, 0.29) is 28.6 Å². The van der Waals surface area contributed by atoms with E-state index in [0.29, 0.717) is 17.0 Å². The van der Waals surface area contributed by atoms with E-state index >= 15 is 0 Å². The van der Waals surface area contributed by atoms with Gasteiger partial charge in [0.2, 0.25) is 10.0 Å². The van der Waals surface area contributed by atoms with Gasteiger partial charge in [-0.05, 0) is 66.1 Å². The van der Waals surface area contributed by atoms with Crippen molar-refractivity contribution in [2.24, 2.45) is 4.99 Å². The summed E-state index contributed by atoms with van der Waals surface area (Å²) < 4.78 is 25.2. The zero-order valence-corrected chi connectivity index (χ0v) is 22.2. The molecule has 1 unspecified atom stereocenters. The maximum absolute atomic E-state index is 12.0. The SMILES string of the molecule is CS(=O)(=O)Nc1cc(C(O)CNC2CCN(c3ccc(/C=C4/SC(NC#N)=NC4=O)cc3)CC2)ccc1O. The van der Waals surface area contributed by atoms with Crippen molar-refractivity contribution in [3.8, 4) is 11.9 Å². The number of amides is 1. The number of aliphatic imine (C=N–C) groups is 1. The zero-order valence-electron chi connectivity index (χ0n) is 20.6. The van der Waals surface area contributed by atoms with Crippen LogP contribution in [-0.4, -0.2) is 61.6 Å². The number of amidine groups is 1. The molecular weight excluding hydrogens is 528 g/mol. The molecule has 2 aliphatic rings. The van der Waals surface area contributed by atoms with E-state index in [2.05, 4.69) is 25.2 Å². The van der Waals surface area contributed by atoms with Gasteiger partial charge in [0.25, 0.3) is 5.91 Å². The molecule has 1 amide bonds. The number of sulfonamides is 1. The Morgan fingerprint density at radius 3 is 2.61 bits per heavy atom. The molecule has 0 aromatic heterocycles. The number of phenolic OH excluding ortho intramolecular Hbond substituents is 1. The second kappa shape index (κ2) is 11.9. The van der Waals surface area contributed by atoms with Crippen LogP contribution in [0.4, 0.5) is 11.4 Å². The summed E-state index contributed by atoms with van der Waals surface area (Å²) in [6.07, 6.45) is 5.41. The monoisotopic (exact) mass is 556 g/mol. The number of hydrogen-bond donors (Lipinski definition) is 5. The number of aliphatic hydroxyl groups is 1. The van der Waals surface area contributed by atoms with E-state index in [0.717, 1.165) is 55.2 Å². The first-order valence-electron chi connectivity index (χ1n) is 11.9. The molecule has 0 saturated carbocycles. The Bertz CT molecular complexity index is 1390. The number of hydrogen-bond acceptors (Lipinski definition) is 10. The summed E-state index contributed by atoms with van der Waals surface area (Å²) in [5.74, 6) is -0.578. The number of aliphatic hydroxyl groups excluding tert-OH is 1. The molecule has 4 rings (SSSR count). The summed E-state index contributed by atoms with van der Waals surface area (Å²) in [5, 5.41) is 35.2. The van der Waals surface area contributed by atoms with Gasteiger partial charge in [0.15, 0.2) is 11.4 Å². The molecule has 2 heterocycles. The maximum atomic E-state index is 12.0. The number of rotatable bonds is 8. The number of aromatic hydroxyl groups is 1. The molecule has 2 aromatic rings. The van der Waals surface area contributed by atoms with Gasteiger partial charge in [-0.25, -0.2) is 8.42 Å². The first-order valence-corrected chi connectivity index (χ1v) is 14.6. The molecule has 5 N–H and O–H groups in total. The predicted octanol–water partition coefficient (Wildman–Crippen LogP) is 2.10. The topological polar surface area (TPSA) is 167 Å². The Morgan fingerprint density at radius 2 is 1.95 bits per heavy atom. The average Bonchev–Trinajstić information content (AvgIpc) is 3.22. The number of anilines is 2. The fraction of sp³-hybridized carbons (Fsp3) is 0.320.